The molecule has 0 saturated carbocycles. The molecule has 2 aromatic heterocycles. The highest BCUT2D eigenvalue weighted by Gasteiger charge is 2.13. The number of rotatable bonds is 6. The van der Waals surface area contributed by atoms with Crippen molar-refractivity contribution >= 4 is 16.9 Å². The molecule has 4 rings (SSSR count). The number of nitrogens with one attached hydrogen (secondary N) is 1. The largest absolute Gasteiger partial charge is 0.497 e. The molecular weight excluding hydrogens is 366 g/mol. The molecule has 1 N–H and O–H groups in total. The van der Waals surface area contributed by atoms with Crippen molar-refractivity contribution in [3.63, 3.8) is 0 Å². The third-order valence-corrected chi connectivity index (χ3v) is 5.14. The molecule has 0 unspecified atom stereocenters. The molecule has 6 nitrogen and oxygen atoms in total. The lowest BCUT2D eigenvalue weighted by Crippen LogP contribution is -2.24. The van der Waals surface area contributed by atoms with E-state index in [9.17, 15) is 4.79 Å². The van der Waals surface area contributed by atoms with Gasteiger partial charge in [-0.3, -0.25) is 4.79 Å². The molecule has 0 spiro atoms. The van der Waals surface area contributed by atoms with Gasteiger partial charge in [-0.25, -0.2) is 4.68 Å². The summed E-state index contributed by atoms with van der Waals surface area (Å²) >= 11 is 0. The second-order valence-corrected chi connectivity index (χ2v) is 7.05. The first-order chi connectivity index (χ1) is 14.0. The molecule has 29 heavy (non-hydrogen) atoms. The van der Waals surface area contributed by atoms with Crippen molar-refractivity contribution in [2.24, 2.45) is 0 Å². The van der Waals surface area contributed by atoms with Gasteiger partial charge in [-0.05, 0) is 55.3 Å². The van der Waals surface area contributed by atoms with Gasteiger partial charge < -0.3 is 14.5 Å². The fourth-order valence-electron chi connectivity index (χ4n) is 3.28. The number of methoxy groups -OCH3 is 1. The van der Waals surface area contributed by atoms with Gasteiger partial charge in [0.25, 0.3) is 0 Å². The van der Waals surface area contributed by atoms with Crippen LogP contribution < -0.4 is 10.1 Å². The van der Waals surface area contributed by atoms with Crippen molar-refractivity contribution in [2.45, 2.75) is 26.8 Å². The molecule has 4 aromatic rings. The first-order valence-corrected chi connectivity index (χ1v) is 9.47. The van der Waals surface area contributed by atoms with Gasteiger partial charge in [-0.1, -0.05) is 12.1 Å². The first kappa shape index (κ1) is 18.8. The van der Waals surface area contributed by atoms with E-state index < -0.39 is 0 Å². The van der Waals surface area contributed by atoms with Crippen molar-refractivity contribution < 1.29 is 13.9 Å². The zero-order valence-electron chi connectivity index (χ0n) is 16.7. The molecule has 2 heterocycles. The predicted octanol–water partition coefficient (Wildman–Crippen LogP) is 4.10. The number of carbonyl (C=O) groups is 1. The zero-order chi connectivity index (χ0) is 20.4. The van der Waals surface area contributed by atoms with Crippen LogP contribution in [0.15, 0.2) is 59.3 Å². The van der Waals surface area contributed by atoms with E-state index in [1.165, 1.54) is 5.56 Å². The standard InChI is InChI=1S/C23H23N3O3/c1-15-4-9-21-17(14-29-23(21)16(15)2)12-22(27)24-13-18-10-11-26(25-18)19-5-7-20(28-3)8-6-19/h4-11,14H,12-13H2,1-3H3,(H,24,27). The highest BCUT2D eigenvalue weighted by Crippen LogP contribution is 2.26. The topological polar surface area (TPSA) is 69.3 Å². The van der Waals surface area contributed by atoms with E-state index in [1.807, 2.05) is 49.5 Å². The monoisotopic (exact) mass is 389 g/mol. The van der Waals surface area contributed by atoms with Crippen molar-refractivity contribution in [3.05, 3.63) is 77.3 Å². The molecule has 0 aliphatic carbocycles. The average molecular weight is 389 g/mol. The van der Waals surface area contributed by atoms with Crippen LogP contribution in [0.25, 0.3) is 16.7 Å². The number of ether oxygens (including phenoxy) is 1. The van der Waals surface area contributed by atoms with Crippen molar-refractivity contribution in [1.29, 1.82) is 0 Å². The van der Waals surface area contributed by atoms with Crippen LogP contribution in [0, 0.1) is 13.8 Å². The molecule has 0 saturated heterocycles. The number of fused-ring (bicyclic) bond motifs is 1. The van der Waals surface area contributed by atoms with Crippen molar-refractivity contribution in [2.75, 3.05) is 7.11 Å². The maximum Gasteiger partial charge on any atom is 0.224 e. The zero-order valence-corrected chi connectivity index (χ0v) is 16.7. The quantitative estimate of drug-likeness (QED) is 0.539. The Morgan fingerprint density at radius 3 is 2.69 bits per heavy atom. The minimum Gasteiger partial charge on any atom is -0.497 e. The van der Waals surface area contributed by atoms with E-state index in [0.717, 1.165) is 39.2 Å². The molecule has 1 amide bonds. The SMILES string of the molecule is COc1ccc(-n2ccc(CNC(=O)Cc3coc4c(C)c(C)ccc34)n2)cc1. The molecule has 0 aliphatic heterocycles. The number of hydrogen-bond donors (Lipinski definition) is 1. The van der Waals surface area contributed by atoms with Gasteiger partial charge in [0.1, 0.15) is 11.3 Å². The molecule has 2 aromatic carbocycles. The summed E-state index contributed by atoms with van der Waals surface area (Å²) < 4.78 is 12.6. The number of aryl methyl sites for hydroxylation is 2. The van der Waals surface area contributed by atoms with Gasteiger partial charge in [-0.15, -0.1) is 0 Å². The summed E-state index contributed by atoms with van der Waals surface area (Å²) in [6.45, 7) is 4.45. The summed E-state index contributed by atoms with van der Waals surface area (Å²) in [5, 5.41) is 8.45. The Bertz CT molecular complexity index is 1160. The predicted molar refractivity (Wildman–Crippen MR) is 111 cm³/mol. The number of benzene rings is 2. The maximum atomic E-state index is 12.4. The van der Waals surface area contributed by atoms with Crippen molar-refractivity contribution in [3.8, 4) is 11.4 Å². The number of furan rings is 1. The third-order valence-electron chi connectivity index (χ3n) is 5.14. The summed E-state index contributed by atoms with van der Waals surface area (Å²) in [6, 6.07) is 13.6. The van der Waals surface area contributed by atoms with Crippen molar-refractivity contribution in [1.82, 2.24) is 15.1 Å². The normalized spacial score (nSPS) is 11.0. The van der Waals surface area contributed by atoms with Gasteiger partial charge in [0.05, 0.1) is 37.7 Å². The van der Waals surface area contributed by atoms with Crippen LogP contribution >= 0.6 is 0 Å². The van der Waals surface area contributed by atoms with E-state index in [-0.39, 0.29) is 12.3 Å². The van der Waals surface area contributed by atoms with Gasteiger partial charge in [0.15, 0.2) is 0 Å². The fourth-order valence-corrected chi connectivity index (χ4v) is 3.28. The van der Waals surface area contributed by atoms with Crippen LogP contribution in [-0.4, -0.2) is 22.8 Å². The number of carbonyl (C=O) groups excluding carboxylic acids is 1. The number of amides is 1. The second-order valence-electron chi connectivity index (χ2n) is 7.05. The Kier molecular flexibility index (Phi) is 5.08. The Labute approximate surface area is 169 Å². The Morgan fingerprint density at radius 1 is 1.14 bits per heavy atom. The summed E-state index contributed by atoms with van der Waals surface area (Å²) in [6.07, 6.45) is 3.82. The molecule has 0 bridgehead atoms. The molecule has 0 fully saturated rings. The van der Waals surface area contributed by atoms with Gasteiger partial charge in [0.2, 0.25) is 5.91 Å². The van der Waals surface area contributed by atoms with Gasteiger partial charge in [-0.2, -0.15) is 5.10 Å². The molecule has 6 heteroatoms. The molecule has 0 atom stereocenters. The molecule has 148 valence electrons. The lowest BCUT2D eigenvalue weighted by Gasteiger charge is -2.04. The second kappa shape index (κ2) is 7.83. The Morgan fingerprint density at radius 2 is 1.93 bits per heavy atom. The minimum atomic E-state index is -0.0649. The average Bonchev–Trinajstić information content (AvgIpc) is 3.37. The van der Waals surface area contributed by atoms with Crippen LogP contribution in [0.5, 0.6) is 5.75 Å². The summed E-state index contributed by atoms with van der Waals surface area (Å²) in [5.74, 6) is 0.732. The third kappa shape index (κ3) is 3.87. The van der Waals surface area contributed by atoms with E-state index in [1.54, 1.807) is 18.1 Å². The number of hydrogen-bond acceptors (Lipinski definition) is 4. The smallest absolute Gasteiger partial charge is 0.224 e. The molecule has 0 radical (unpaired) electrons. The summed E-state index contributed by atoms with van der Waals surface area (Å²) in [7, 11) is 1.64. The number of aromatic nitrogens is 2. The van der Waals surface area contributed by atoms with E-state index >= 15 is 0 Å². The highest BCUT2D eigenvalue weighted by molar-refractivity contribution is 5.89. The molecule has 0 aliphatic rings. The van der Waals surface area contributed by atoms with Crippen LogP contribution in [0.4, 0.5) is 0 Å². The van der Waals surface area contributed by atoms with Crippen LogP contribution in [0.2, 0.25) is 0 Å². The minimum absolute atomic E-state index is 0.0649. The Balaban J connectivity index is 1.39. The van der Waals surface area contributed by atoms with E-state index in [2.05, 4.69) is 23.4 Å². The van der Waals surface area contributed by atoms with Crippen LogP contribution in [0.3, 0.4) is 0 Å². The van der Waals surface area contributed by atoms with Gasteiger partial charge in [0, 0.05) is 17.1 Å². The highest BCUT2D eigenvalue weighted by atomic mass is 16.5. The summed E-state index contributed by atoms with van der Waals surface area (Å²) in [4.78, 5) is 12.4. The fraction of sp³-hybridized carbons (Fsp3) is 0.217. The lowest BCUT2D eigenvalue weighted by molar-refractivity contribution is -0.120. The van der Waals surface area contributed by atoms with Gasteiger partial charge >= 0.3 is 0 Å². The number of nitrogens with zero attached hydrogens (tertiary/aromatic N) is 2. The summed E-state index contributed by atoms with van der Waals surface area (Å²) in [5.41, 5.74) is 5.75. The molecular formula is C23H23N3O3. The first-order valence-electron chi connectivity index (χ1n) is 9.47. The van der Waals surface area contributed by atoms with E-state index in [4.69, 9.17) is 9.15 Å². The lowest BCUT2D eigenvalue weighted by atomic mass is 10.0. The Hall–Kier alpha value is -3.54. The van der Waals surface area contributed by atoms with E-state index in [0.29, 0.717) is 6.54 Å². The van der Waals surface area contributed by atoms with Crippen LogP contribution in [-0.2, 0) is 17.8 Å². The van der Waals surface area contributed by atoms with Crippen LogP contribution in [0.1, 0.15) is 22.4 Å². The maximum absolute atomic E-state index is 12.4.